The molecule has 330 valence electrons. The molecule has 4 aromatic heterocycles. The SMILES string of the molecule is COc1ccc(-c2nc3nc(N4CCOCC4)nc(N4CCOCC4C)c3[nH]2)cc1C(=O)OCc1ccc(Cl)c(-c2nc3nc(N4CCOCC4)nc(N4CCOCC4C)c3[nH]2)c1. The van der Waals surface area contributed by atoms with Crippen LogP contribution in [0.2, 0.25) is 5.02 Å². The molecule has 2 unspecified atom stereocenters. The summed E-state index contributed by atoms with van der Waals surface area (Å²) in [4.78, 5) is 59.3. The van der Waals surface area contributed by atoms with Crippen LogP contribution in [-0.2, 0) is 30.3 Å². The van der Waals surface area contributed by atoms with Gasteiger partial charge < -0.3 is 58.0 Å². The average Bonchev–Trinajstić information content (AvgIpc) is 3.97. The number of methoxy groups -OCH3 is 1. The number of fused-ring (bicyclic) bond motifs is 2. The number of nitrogens with zero attached hydrogens (tertiary/aromatic N) is 10. The van der Waals surface area contributed by atoms with E-state index < -0.39 is 5.97 Å². The lowest BCUT2D eigenvalue weighted by atomic mass is 10.1. The molecule has 0 spiro atoms. The van der Waals surface area contributed by atoms with E-state index in [2.05, 4.69) is 43.4 Å². The first-order valence-corrected chi connectivity index (χ1v) is 21.7. The number of rotatable bonds is 10. The van der Waals surface area contributed by atoms with Crippen LogP contribution in [0.15, 0.2) is 36.4 Å². The van der Waals surface area contributed by atoms with Crippen molar-refractivity contribution < 1.29 is 33.2 Å². The van der Waals surface area contributed by atoms with Crippen molar-refractivity contribution in [2.24, 2.45) is 0 Å². The van der Waals surface area contributed by atoms with Gasteiger partial charge in [0, 0.05) is 50.4 Å². The number of hydrogen-bond donors (Lipinski definition) is 2. The number of halogens is 1. The van der Waals surface area contributed by atoms with E-state index in [0.29, 0.717) is 165 Å². The molecule has 0 bridgehead atoms. The smallest absolute Gasteiger partial charge is 0.342 e. The molecule has 2 atom stereocenters. The fraction of sp³-hybridized carbons (Fsp3) is 0.465. The molecule has 10 rings (SSSR count). The summed E-state index contributed by atoms with van der Waals surface area (Å²) in [6.07, 6.45) is 0. The Hall–Kier alpha value is -5.86. The molecule has 0 radical (unpaired) electrons. The van der Waals surface area contributed by atoms with Crippen molar-refractivity contribution in [3.63, 3.8) is 0 Å². The summed E-state index contributed by atoms with van der Waals surface area (Å²) in [7, 11) is 1.52. The zero-order valence-electron chi connectivity index (χ0n) is 35.4. The number of benzene rings is 2. The number of hydrogen-bond acceptors (Lipinski definition) is 17. The Balaban J connectivity index is 0.925. The average molecular weight is 881 g/mol. The zero-order chi connectivity index (χ0) is 43.0. The number of morpholine rings is 4. The Bertz CT molecular complexity index is 2630. The second kappa shape index (κ2) is 17.7. The van der Waals surface area contributed by atoms with E-state index in [1.54, 1.807) is 18.2 Å². The lowest BCUT2D eigenvalue weighted by molar-refractivity contribution is 0.0469. The number of ether oxygens (including phenoxy) is 6. The summed E-state index contributed by atoms with van der Waals surface area (Å²) in [5.74, 6) is 3.55. The van der Waals surface area contributed by atoms with Gasteiger partial charge >= 0.3 is 5.97 Å². The number of esters is 1. The summed E-state index contributed by atoms with van der Waals surface area (Å²) in [6.45, 7) is 13.0. The first kappa shape index (κ1) is 41.2. The molecule has 0 amide bonds. The van der Waals surface area contributed by atoms with Crippen molar-refractivity contribution in [1.82, 2.24) is 39.9 Å². The highest BCUT2D eigenvalue weighted by atomic mass is 35.5. The normalized spacial score (nSPS) is 19.9. The third-order valence-electron chi connectivity index (χ3n) is 11.9. The van der Waals surface area contributed by atoms with Gasteiger partial charge in [-0.15, -0.1) is 0 Å². The molecule has 2 aromatic carbocycles. The Morgan fingerprint density at radius 3 is 1.83 bits per heavy atom. The standard InChI is InChI=1S/C43H49ClN12O7/c1-25-22-61-18-12-55(25)39-33-37(49-42(51-39)53-8-14-59-15-9-53)47-35(45-33)28-5-7-32(58-3)30(21-28)41(57)63-24-27-4-6-31(44)29(20-27)36-46-34-38(48-36)50-43(54-10-16-60-17-11-54)52-40(34)56-13-19-62-23-26(56)2/h4-7,20-21,25-26H,8-19,22-24H2,1-3H3,(H,45,47,49,51)(H,46,48,50,52). The van der Waals surface area contributed by atoms with Crippen LogP contribution in [0.5, 0.6) is 5.75 Å². The van der Waals surface area contributed by atoms with E-state index in [-0.39, 0.29) is 24.3 Å². The van der Waals surface area contributed by atoms with Crippen molar-refractivity contribution in [3.8, 4) is 28.5 Å². The minimum absolute atomic E-state index is 0.0419. The van der Waals surface area contributed by atoms with Crippen LogP contribution in [0.1, 0.15) is 29.8 Å². The fourth-order valence-electron chi connectivity index (χ4n) is 8.40. The van der Waals surface area contributed by atoms with Crippen molar-refractivity contribution in [3.05, 3.63) is 52.5 Å². The fourth-order valence-corrected chi connectivity index (χ4v) is 8.61. The van der Waals surface area contributed by atoms with Gasteiger partial charge in [-0.2, -0.15) is 19.9 Å². The van der Waals surface area contributed by atoms with Gasteiger partial charge in [-0.05, 0) is 49.7 Å². The Labute approximate surface area is 368 Å². The van der Waals surface area contributed by atoms with Crippen LogP contribution in [0.25, 0.3) is 45.1 Å². The van der Waals surface area contributed by atoms with Gasteiger partial charge in [-0.3, -0.25) is 0 Å². The molecule has 0 saturated carbocycles. The molecule has 0 aliphatic carbocycles. The summed E-state index contributed by atoms with van der Waals surface area (Å²) < 4.78 is 34.3. The van der Waals surface area contributed by atoms with Crippen LogP contribution < -0.4 is 24.3 Å². The van der Waals surface area contributed by atoms with E-state index in [4.69, 9.17) is 69.9 Å². The van der Waals surface area contributed by atoms with E-state index in [1.807, 2.05) is 18.2 Å². The maximum absolute atomic E-state index is 13.9. The molecule has 4 saturated heterocycles. The summed E-state index contributed by atoms with van der Waals surface area (Å²) in [5, 5.41) is 0.472. The molecular weight excluding hydrogens is 832 g/mol. The highest BCUT2D eigenvalue weighted by Gasteiger charge is 2.29. The van der Waals surface area contributed by atoms with E-state index in [1.165, 1.54) is 7.11 Å². The summed E-state index contributed by atoms with van der Waals surface area (Å²) in [5.41, 5.74) is 4.68. The van der Waals surface area contributed by atoms with Crippen LogP contribution >= 0.6 is 11.6 Å². The van der Waals surface area contributed by atoms with Crippen LogP contribution in [0, 0.1) is 0 Å². The van der Waals surface area contributed by atoms with E-state index >= 15 is 0 Å². The molecule has 63 heavy (non-hydrogen) atoms. The van der Waals surface area contributed by atoms with Gasteiger partial charge in [0.25, 0.3) is 0 Å². The quantitative estimate of drug-likeness (QED) is 0.183. The minimum Gasteiger partial charge on any atom is -0.496 e. The maximum Gasteiger partial charge on any atom is 0.342 e. The molecule has 8 heterocycles. The second-order valence-corrected chi connectivity index (χ2v) is 16.4. The van der Waals surface area contributed by atoms with Gasteiger partial charge in [0.1, 0.15) is 40.6 Å². The van der Waals surface area contributed by atoms with Crippen molar-refractivity contribution in [2.45, 2.75) is 32.5 Å². The first-order valence-electron chi connectivity index (χ1n) is 21.3. The van der Waals surface area contributed by atoms with Crippen molar-refractivity contribution >= 4 is 63.4 Å². The third-order valence-corrected chi connectivity index (χ3v) is 12.2. The number of carbonyl (C=O) groups excluding carboxylic acids is 1. The highest BCUT2D eigenvalue weighted by Crippen LogP contribution is 2.35. The number of anilines is 4. The Morgan fingerprint density at radius 2 is 1.25 bits per heavy atom. The third kappa shape index (κ3) is 8.26. The molecule has 6 aromatic rings. The molecule has 2 N–H and O–H groups in total. The van der Waals surface area contributed by atoms with Gasteiger partial charge in [0.2, 0.25) is 11.9 Å². The van der Waals surface area contributed by atoms with Crippen LogP contribution in [0.3, 0.4) is 0 Å². The van der Waals surface area contributed by atoms with Crippen molar-refractivity contribution in [2.75, 3.05) is 119 Å². The number of carbonyl (C=O) groups is 1. The predicted molar refractivity (Wildman–Crippen MR) is 236 cm³/mol. The minimum atomic E-state index is -0.572. The van der Waals surface area contributed by atoms with Gasteiger partial charge in [-0.1, -0.05) is 17.7 Å². The molecule has 4 fully saturated rings. The summed E-state index contributed by atoms with van der Waals surface area (Å²) in [6, 6.07) is 10.9. The lowest BCUT2D eigenvalue weighted by Gasteiger charge is -2.35. The second-order valence-electron chi connectivity index (χ2n) is 16.0. The number of H-pyrrole nitrogens is 2. The van der Waals surface area contributed by atoms with Gasteiger partial charge in [0.15, 0.2) is 22.9 Å². The molecule has 19 nitrogen and oxygen atoms in total. The molecular formula is C43H49ClN12O7. The van der Waals surface area contributed by atoms with Gasteiger partial charge in [0.05, 0.1) is 77.1 Å². The molecule has 20 heteroatoms. The topological polar surface area (TPSA) is 194 Å². The first-order chi connectivity index (χ1) is 30.8. The van der Waals surface area contributed by atoms with E-state index in [0.717, 1.165) is 11.6 Å². The maximum atomic E-state index is 13.9. The number of nitrogens with one attached hydrogen (secondary N) is 2. The van der Waals surface area contributed by atoms with Crippen LogP contribution in [-0.4, -0.2) is 157 Å². The number of imidazole rings is 2. The number of aromatic nitrogens is 8. The van der Waals surface area contributed by atoms with E-state index in [9.17, 15) is 4.79 Å². The zero-order valence-corrected chi connectivity index (χ0v) is 36.2. The van der Waals surface area contributed by atoms with Crippen LogP contribution in [0.4, 0.5) is 23.5 Å². The Kier molecular flexibility index (Phi) is 11.6. The number of aromatic amines is 2. The monoisotopic (exact) mass is 880 g/mol. The van der Waals surface area contributed by atoms with Gasteiger partial charge in [-0.25, -0.2) is 14.8 Å². The molecule has 4 aliphatic rings. The van der Waals surface area contributed by atoms with Crippen molar-refractivity contribution in [1.29, 1.82) is 0 Å². The highest BCUT2D eigenvalue weighted by molar-refractivity contribution is 6.33. The molecule has 4 aliphatic heterocycles. The largest absolute Gasteiger partial charge is 0.496 e. The predicted octanol–water partition coefficient (Wildman–Crippen LogP) is 4.50. The summed E-state index contributed by atoms with van der Waals surface area (Å²) >= 11 is 6.83. The Morgan fingerprint density at radius 1 is 0.698 bits per heavy atom. The lowest BCUT2D eigenvalue weighted by Crippen LogP contribution is -2.44.